The van der Waals surface area contributed by atoms with E-state index in [1.165, 1.54) is 33.5 Å². The van der Waals surface area contributed by atoms with E-state index in [4.69, 9.17) is 4.74 Å². The van der Waals surface area contributed by atoms with Crippen molar-refractivity contribution < 1.29 is 22.7 Å². The standard InChI is InChI=1S/C27H28N2O5S/c1-20-8-3-4-10-23(20)17-28(2)26(30)19-34-27(31)22-12-7-13-25(16-22)35(32,33)29-15-14-21-9-5-6-11-24(21)18-29/h3-13,16H,14-15,17-19H2,1-2H3. The highest BCUT2D eigenvalue weighted by atomic mass is 32.2. The van der Waals surface area contributed by atoms with Gasteiger partial charge in [0.05, 0.1) is 10.5 Å². The van der Waals surface area contributed by atoms with Gasteiger partial charge >= 0.3 is 5.97 Å². The first kappa shape index (κ1) is 24.6. The number of amides is 1. The van der Waals surface area contributed by atoms with Gasteiger partial charge in [-0.25, -0.2) is 13.2 Å². The lowest BCUT2D eigenvalue weighted by atomic mass is 10.0. The number of nitrogens with zero attached hydrogens (tertiary/aromatic N) is 2. The minimum absolute atomic E-state index is 0.0225. The Balaban J connectivity index is 1.40. The first-order valence-electron chi connectivity index (χ1n) is 11.4. The summed E-state index contributed by atoms with van der Waals surface area (Å²) in [5, 5.41) is 0. The fraction of sp³-hybridized carbons (Fsp3) is 0.259. The third kappa shape index (κ3) is 5.61. The molecule has 0 aliphatic carbocycles. The summed E-state index contributed by atoms with van der Waals surface area (Å²) in [5.41, 5.74) is 4.28. The Labute approximate surface area is 206 Å². The van der Waals surface area contributed by atoms with Crippen LogP contribution in [0.4, 0.5) is 0 Å². The Bertz CT molecular complexity index is 1350. The van der Waals surface area contributed by atoms with E-state index in [2.05, 4.69) is 0 Å². The van der Waals surface area contributed by atoms with Crippen LogP contribution in [0.1, 0.15) is 32.6 Å². The Kier molecular flexibility index (Phi) is 7.33. The molecule has 3 aromatic carbocycles. The summed E-state index contributed by atoms with van der Waals surface area (Å²) in [4.78, 5) is 26.6. The highest BCUT2D eigenvalue weighted by Gasteiger charge is 2.29. The van der Waals surface area contributed by atoms with Crippen molar-refractivity contribution in [1.29, 1.82) is 0 Å². The molecule has 0 spiro atoms. The first-order chi connectivity index (χ1) is 16.8. The third-order valence-electron chi connectivity index (χ3n) is 6.22. The monoisotopic (exact) mass is 492 g/mol. The van der Waals surface area contributed by atoms with Crippen LogP contribution in [0.15, 0.2) is 77.7 Å². The van der Waals surface area contributed by atoms with Crippen LogP contribution in [0.2, 0.25) is 0 Å². The van der Waals surface area contributed by atoms with Crippen molar-refractivity contribution in [2.75, 3.05) is 20.2 Å². The number of carbonyl (C=O) groups is 2. The maximum absolute atomic E-state index is 13.2. The van der Waals surface area contributed by atoms with Gasteiger partial charge in [0, 0.05) is 26.7 Å². The second-order valence-corrected chi connectivity index (χ2v) is 10.6. The highest BCUT2D eigenvalue weighted by Crippen LogP contribution is 2.25. The smallest absolute Gasteiger partial charge is 0.338 e. The molecule has 0 bridgehead atoms. The molecule has 0 aromatic heterocycles. The van der Waals surface area contributed by atoms with Crippen molar-refractivity contribution in [3.63, 3.8) is 0 Å². The van der Waals surface area contributed by atoms with E-state index >= 15 is 0 Å². The number of carbonyl (C=O) groups excluding carboxylic acids is 2. The number of esters is 1. The average Bonchev–Trinajstić information content (AvgIpc) is 2.88. The summed E-state index contributed by atoms with van der Waals surface area (Å²) in [7, 11) is -2.15. The lowest BCUT2D eigenvalue weighted by Gasteiger charge is -2.28. The van der Waals surface area contributed by atoms with Crippen LogP contribution < -0.4 is 0 Å². The van der Waals surface area contributed by atoms with Crippen LogP contribution in [-0.4, -0.2) is 49.7 Å². The topological polar surface area (TPSA) is 84.0 Å². The molecular formula is C27H28N2O5S. The van der Waals surface area contributed by atoms with Gasteiger partial charge < -0.3 is 9.64 Å². The molecule has 3 aromatic rings. The molecule has 1 heterocycles. The maximum atomic E-state index is 13.2. The predicted molar refractivity (Wildman–Crippen MR) is 132 cm³/mol. The van der Waals surface area contributed by atoms with E-state index in [0.717, 1.165) is 22.3 Å². The zero-order chi connectivity index (χ0) is 25.0. The zero-order valence-corrected chi connectivity index (χ0v) is 20.6. The zero-order valence-electron chi connectivity index (χ0n) is 19.8. The first-order valence-corrected chi connectivity index (χ1v) is 12.8. The molecule has 1 aliphatic rings. The van der Waals surface area contributed by atoms with E-state index in [1.54, 1.807) is 7.05 Å². The van der Waals surface area contributed by atoms with Gasteiger partial charge in [-0.3, -0.25) is 4.79 Å². The van der Waals surface area contributed by atoms with Gasteiger partial charge in [0.1, 0.15) is 0 Å². The number of aryl methyl sites for hydroxylation is 1. The summed E-state index contributed by atoms with van der Waals surface area (Å²) < 4.78 is 33.1. The summed E-state index contributed by atoms with van der Waals surface area (Å²) in [6, 6.07) is 21.3. The summed E-state index contributed by atoms with van der Waals surface area (Å²) in [6.07, 6.45) is 0.634. The Morgan fingerprint density at radius 3 is 2.46 bits per heavy atom. The van der Waals surface area contributed by atoms with Crippen molar-refractivity contribution in [1.82, 2.24) is 9.21 Å². The highest BCUT2D eigenvalue weighted by molar-refractivity contribution is 7.89. The average molecular weight is 493 g/mol. The molecule has 0 saturated carbocycles. The molecule has 0 saturated heterocycles. The van der Waals surface area contributed by atoms with E-state index in [1.807, 2.05) is 55.5 Å². The molecule has 7 nitrogen and oxygen atoms in total. The van der Waals surface area contributed by atoms with Crippen molar-refractivity contribution in [3.8, 4) is 0 Å². The number of likely N-dealkylation sites (N-methyl/N-ethyl adjacent to an activating group) is 1. The summed E-state index contributed by atoms with van der Waals surface area (Å²) in [5.74, 6) is -1.10. The number of fused-ring (bicyclic) bond motifs is 1. The lowest BCUT2D eigenvalue weighted by molar-refractivity contribution is -0.133. The van der Waals surface area contributed by atoms with Gasteiger partial charge in [0.15, 0.2) is 6.61 Å². The quantitative estimate of drug-likeness (QED) is 0.471. The molecule has 0 atom stereocenters. The number of ether oxygens (including phenoxy) is 1. The molecule has 0 radical (unpaired) electrons. The lowest BCUT2D eigenvalue weighted by Crippen LogP contribution is -2.36. The third-order valence-corrected chi connectivity index (χ3v) is 8.07. The number of sulfonamides is 1. The fourth-order valence-electron chi connectivity index (χ4n) is 4.06. The van der Waals surface area contributed by atoms with Crippen molar-refractivity contribution in [2.45, 2.75) is 31.3 Å². The van der Waals surface area contributed by atoms with E-state index in [9.17, 15) is 18.0 Å². The van der Waals surface area contributed by atoms with Crippen LogP contribution in [0.5, 0.6) is 0 Å². The van der Waals surface area contributed by atoms with Crippen molar-refractivity contribution in [3.05, 3.63) is 101 Å². The molecule has 4 rings (SSSR count). The van der Waals surface area contributed by atoms with Crippen LogP contribution in [0.3, 0.4) is 0 Å². The molecule has 35 heavy (non-hydrogen) atoms. The van der Waals surface area contributed by atoms with Gasteiger partial charge in [-0.2, -0.15) is 4.31 Å². The number of rotatable bonds is 7. The van der Waals surface area contributed by atoms with Crippen LogP contribution >= 0.6 is 0 Å². The number of benzene rings is 3. The van der Waals surface area contributed by atoms with Gasteiger partial charge in [-0.15, -0.1) is 0 Å². The fourth-order valence-corrected chi connectivity index (χ4v) is 5.52. The van der Waals surface area contributed by atoms with Crippen molar-refractivity contribution in [2.24, 2.45) is 0 Å². The SMILES string of the molecule is Cc1ccccc1CN(C)C(=O)COC(=O)c1cccc(S(=O)(=O)N2CCc3ccccc3C2)c1. The van der Waals surface area contributed by atoms with Gasteiger partial charge in [0.25, 0.3) is 5.91 Å². The van der Waals surface area contributed by atoms with E-state index in [0.29, 0.717) is 19.5 Å². The number of hydrogen-bond donors (Lipinski definition) is 0. The van der Waals surface area contributed by atoms with E-state index < -0.39 is 22.6 Å². The van der Waals surface area contributed by atoms with E-state index in [-0.39, 0.29) is 22.9 Å². The normalized spacial score (nSPS) is 13.7. The maximum Gasteiger partial charge on any atom is 0.338 e. The summed E-state index contributed by atoms with van der Waals surface area (Å²) in [6.45, 7) is 2.60. The predicted octanol–water partition coefficient (Wildman–Crippen LogP) is 3.56. The Morgan fingerprint density at radius 2 is 1.69 bits per heavy atom. The second-order valence-electron chi connectivity index (χ2n) is 8.64. The Hall–Kier alpha value is -3.49. The molecule has 0 unspecified atom stereocenters. The van der Waals surface area contributed by atoms with Crippen LogP contribution in [0.25, 0.3) is 0 Å². The van der Waals surface area contributed by atoms with Crippen molar-refractivity contribution >= 4 is 21.9 Å². The molecule has 0 N–H and O–H groups in total. The minimum Gasteiger partial charge on any atom is -0.452 e. The van der Waals surface area contributed by atoms with Gasteiger partial charge in [-0.05, 0) is 53.8 Å². The second kappa shape index (κ2) is 10.4. The molecule has 182 valence electrons. The van der Waals surface area contributed by atoms with Gasteiger partial charge in [0.2, 0.25) is 10.0 Å². The van der Waals surface area contributed by atoms with Crippen LogP contribution in [-0.2, 0) is 39.1 Å². The molecule has 1 aliphatic heterocycles. The summed E-state index contributed by atoms with van der Waals surface area (Å²) >= 11 is 0. The molecule has 8 heteroatoms. The molecule has 0 fully saturated rings. The largest absolute Gasteiger partial charge is 0.452 e. The molecular weight excluding hydrogens is 464 g/mol. The number of hydrogen-bond acceptors (Lipinski definition) is 5. The van der Waals surface area contributed by atoms with Crippen LogP contribution in [0, 0.1) is 6.92 Å². The minimum atomic E-state index is -3.79. The van der Waals surface area contributed by atoms with Gasteiger partial charge in [-0.1, -0.05) is 54.6 Å². The molecule has 1 amide bonds. The Morgan fingerprint density at radius 1 is 0.971 bits per heavy atom.